The fraction of sp³-hybridized carbons (Fsp3) is 0.462. The number of benzene rings is 1. The third-order valence-electron chi connectivity index (χ3n) is 3.11. The molecule has 2 rings (SSSR count). The molecule has 1 aromatic rings. The van der Waals surface area contributed by atoms with Crippen molar-refractivity contribution >= 4 is 53.6 Å². The molecule has 1 aromatic carbocycles. The van der Waals surface area contributed by atoms with Crippen molar-refractivity contribution in [3.05, 3.63) is 25.6 Å². The Morgan fingerprint density at radius 3 is 2.44 bits per heavy atom. The SMILES string of the molecule is O=C1CCCC1CCOc1c(Br)cc(Br)cc1Br. The summed E-state index contributed by atoms with van der Waals surface area (Å²) in [5.74, 6) is 1.40. The van der Waals surface area contributed by atoms with Crippen molar-refractivity contribution in [3.8, 4) is 5.75 Å². The fourth-order valence-electron chi connectivity index (χ4n) is 2.16. The minimum absolute atomic E-state index is 0.206. The van der Waals surface area contributed by atoms with Crippen LogP contribution < -0.4 is 4.74 Å². The number of Topliss-reactive ketones (excluding diaryl/α,β-unsaturated/α-hetero) is 1. The van der Waals surface area contributed by atoms with Gasteiger partial charge in [-0.15, -0.1) is 0 Å². The van der Waals surface area contributed by atoms with E-state index in [-0.39, 0.29) is 5.92 Å². The average molecular weight is 441 g/mol. The van der Waals surface area contributed by atoms with Gasteiger partial charge in [0.25, 0.3) is 0 Å². The van der Waals surface area contributed by atoms with E-state index < -0.39 is 0 Å². The van der Waals surface area contributed by atoms with Crippen molar-refractivity contribution in [3.63, 3.8) is 0 Å². The highest BCUT2D eigenvalue weighted by molar-refractivity contribution is 9.11. The van der Waals surface area contributed by atoms with Crippen LogP contribution in [0.15, 0.2) is 25.6 Å². The predicted octanol–water partition coefficient (Wildman–Crippen LogP) is 5.11. The smallest absolute Gasteiger partial charge is 0.147 e. The lowest BCUT2D eigenvalue weighted by Crippen LogP contribution is -2.11. The van der Waals surface area contributed by atoms with Crippen LogP contribution in [0.5, 0.6) is 5.75 Å². The zero-order valence-electron chi connectivity index (χ0n) is 9.72. The molecule has 98 valence electrons. The first-order valence-electron chi connectivity index (χ1n) is 5.88. The van der Waals surface area contributed by atoms with Gasteiger partial charge in [0, 0.05) is 16.8 Å². The van der Waals surface area contributed by atoms with Gasteiger partial charge in [0.05, 0.1) is 15.6 Å². The number of ether oxygens (including phenoxy) is 1. The van der Waals surface area contributed by atoms with Gasteiger partial charge >= 0.3 is 0 Å². The molecule has 1 fully saturated rings. The highest BCUT2D eigenvalue weighted by atomic mass is 79.9. The number of carbonyl (C=O) groups is 1. The van der Waals surface area contributed by atoms with Crippen molar-refractivity contribution in [2.45, 2.75) is 25.7 Å². The lowest BCUT2D eigenvalue weighted by atomic mass is 10.0. The van der Waals surface area contributed by atoms with Crippen LogP contribution in [0.1, 0.15) is 25.7 Å². The summed E-state index contributed by atoms with van der Waals surface area (Å²) >= 11 is 10.4. The van der Waals surface area contributed by atoms with Crippen molar-refractivity contribution in [2.24, 2.45) is 5.92 Å². The molecule has 0 radical (unpaired) electrons. The Bertz CT molecular complexity index is 437. The summed E-state index contributed by atoms with van der Waals surface area (Å²) in [6.45, 7) is 0.579. The van der Waals surface area contributed by atoms with E-state index >= 15 is 0 Å². The lowest BCUT2D eigenvalue weighted by Gasteiger charge is -2.12. The highest BCUT2D eigenvalue weighted by Crippen LogP contribution is 2.36. The number of carbonyl (C=O) groups excluding carboxylic acids is 1. The van der Waals surface area contributed by atoms with Gasteiger partial charge < -0.3 is 4.74 Å². The Morgan fingerprint density at radius 2 is 1.89 bits per heavy atom. The first kappa shape index (κ1) is 14.5. The average Bonchev–Trinajstić information content (AvgIpc) is 2.68. The Hall–Kier alpha value is 0.130. The molecule has 1 aliphatic carbocycles. The summed E-state index contributed by atoms with van der Waals surface area (Å²) in [7, 11) is 0. The monoisotopic (exact) mass is 438 g/mol. The molecule has 1 unspecified atom stereocenters. The van der Waals surface area contributed by atoms with Crippen molar-refractivity contribution < 1.29 is 9.53 Å². The molecule has 0 heterocycles. The Balaban J connectivity index is 1.92. The summed E-state index contributed by atoms with van der Waals surface area (Å²) in [4.78, 5) is 11.5. The number of hydrogen-bond donors (Lipinski definition) is 0. The maximum absolute atomic E-state index is 11.5. The van der Waals surface area contributed by atoms with Crippen LogP contribution in [0, 0.1) is 5.92 Å². The summed E-state index contributed by atoms with van der Waals surface area (Å²) in [5, 5.41) is 0. The van der Waals surface area contributed by atoms with E-state index in [0.717, 1.165) is 44.9 Å². The maximum Gasteiger partial charge on any atom is 0.147 e. The quantitative estimate of drug-likeness (QED) is 0.650. The van der Waals surface area contributed by atoms with Gasteiger partial charge in [-0.2, -0.15) is 0 Å². The highest BCUT2D eigenvalue weighted by Gasteiger charge is 2.24. The second-order valence-corrected chi connectivity index (χ2v) is 7.02. The van der Waals surface area contributed by atoms with Gasteiger partial charge in [-0.3, -0.25) is 4.79 Å². The minimum Gasteiger partial charge on any atom is -0.491 e. The number of hydrogen-bond acceptors (Lipinski definition) is 2. The molecule has 1 aliphatic rings. The maximum atomic E-state index is 11.5. The van der Waals surface area contributed by atoms with Gasteiger partial charge in [0.15, 0.2) is 0 Å². The number of ketones is 1. The van der Waals surface area contributed by atoms with Crippen molar-refractivity contribution in [1.82, 2.24) is 0 Å². The number of halogens is 3. The van der Waals surface area contributed by atoms with Crippen LogP contribution >= 0.6 is 47.8 Å². The largest absolute Gasteiger partial charge is 0.491 e. The molecule has 0 amide bonds. The van der Waals surface area contributed by atoms with Gasteiger partial charge in [0.2, 0.25) is 0 Å². The van der Waals surface area contributed by atoms with Gasteiger partial charge in [0.1, 0.15) is 11.5 Å². The second kappa shape index (κ2) is 6.53. The third-order valence-corrected chi connectivity index (χ3v) is 4.74. The van der Waals surface area contributed by atoms with Crippen LogP contribution in [0.4, 0.5) is 0 Å². The van der Waals surface area contributed by atoms with Crippen LogP contribution in [0.2, 0.25) is 0 Å². The minimum atomic E-state index is 0.206. The van der Waals surface area contributed by atoms with Crippen molar-refractivity contribution in [1.29, 1.82) is 0 Å². The zero-order chi connectivity index (χ0) is 13.1. The molecule has 0 aromatic heterocycles. The first-order chi connectivity index (χ1) is 8.58. The molecule has 0 bridgehead atoms. The lowest BCUT2D eigenvalue weighted by molar-refractivity contribution is -0.121. The molecular formula is C13H13Br3O2. The summed E-state index contributed by atoms with van der Waals surface area (Å²) in [6.07, 6.45) is 3.62. The second-order valence-electron chi connectivity index (χ2n) is 4.39. The molecule has 1 atom stereocenters. The Kier molecular flexibility index (Phi) is 5.27. The molecule has 5 heteroatoms. The standard InChI is InChI=1S/C13H13Br3O2/c14-9-6-10(15)13(11(16)7-9)18-5-4-8-2-1-3-12(8)17/h6-8H,1-5H2. The molecule has 0 saturated heterocycles. The summed E-state index contributed by atoms with van der Waals surface area (Å²) in [5.41, 5.74) is 0. The predicted molar refractivity (Wildman–Crippen MR) is 82.0 cm³/mol. The molecule has 0 N–H and O–H groups in total. The fourth-order valence-corrected chi connectivity index (χ4v) is 4.65. The van der Waals surface area contributed by atoms with E-state index in [1.54, 1.807) is 0 Å². The van der Waals surface area contributed by atoms with E-state index in [1.807, 2.05) is 12.1 Å². The summed E-state index contributed by atoms with van der Waals surface area (Å²) in [6, 6.07) is 3.89. The molecule has 18 heavy (non-hydrogen) atoms. The van der Waals surface area contributed by atoms with E-state index in [0.29, 0.717) is 12.4 Å². The molecule has 0 aliphatic heterocycles. The third kappa shape index (κ3) is 3.58. The first-order valence-corrected chi connectivity index (χ1v) is 8.26. The van der Waals surface area contributed by atoms with Gasteiger partial charge in [-0.1, -0.05) is 15.9 Å². The van der Waals surface area contributed by atoms with Crippen LogP contribution in [-0.4, -0.2) is 12.4 Å². The van der Waals surface area contributed by atoms with E-state index in [9.17, 15) is 4.79 Å². The summed E-state index contributed by atoms with van der Waals surface area (Å²) < 4.78 is 8.56. The molecule has 0 spiro atoms. The van der Waals surface area contributed by atoms with E-state index in [4.69, 9.17) is 4.74 Å². The van der Waals surface area contributed by atoms with Crippen LogP contribution in [0.3, 0.4) is 0 Å². The van der Waals surface area contributed by atoms with Crippen LogP contribution in [0.25, 0.3) is 0 Å². The van der Waals surface area contributed by atoms with Crippen molar-refractivity contribution in [2.75, 3.05) is 6.61 Å². The van der Waals surface area contributed by atoms with Gasteiger partial charge in [-0.05, 0) is 63.3 Å². The number of rotatable bonds is 4. The normalized spacial score (nSPS) is 19.3. The molecule has 2 nitrogen and oxygen atoms in total. The Labute approximate surface area is 132 Å². The van der Waals surface area contributed by atoms with E-state index in [2.05, 4.69) is 47.8 Å². The topological polar surface area (TPSA) is 26.3 Å². The molecule has 1 saturated carbocycles. The zero-order valence-corrected chi connectivity index (χ0v) is 14.5. The van der Waals surface area contributed by atoms with Gasteiger partial charge in [-0.25, -0.2) is 0 Å². The Morgan fingerprint density at radius 1 is 1.22 bits per heavy atom. The van der Waals surface area contributed by atoms with E-state index in [1.165, 1.54) is 0 Å². The van der Waals surface area contributed by atoms with Crippen LogP contribution in [-0.2, 0) is 4.79 Å². The molecular weight excluding hydrogens is 428 g/mol.